The molecule has 158 valence electrons. The second-order valence-corrected chi connectivity index (χ2v) is 8.49. The third-order valence-corrected chi connectivity index (χ3v) is 6.64. The van der Waals surface area contributed by atoms with Gasteiger partial charge in [-0.1, -0.05) is 97.1 Å². The highest BCUT2D eigenvalue weighted by Crippen LogP contribution is 2.50. The summed E-state index contributed by atoms with van der Waals surface area (Å²) in [5.74, 6) is 0.874. The van der Waals surface area contributed by atoms with Crippen LogP contribution in [-0.2, 0) is 6.42 Å². The van der Waals surface area contributed by atoms with Crippen molar-refractivity contribution in [3.8, 4) is 50.3 Å². The van der Waals surface area contributed by atoms with E-state index in [2.05, 4.69) is 115 Å². The monoisotopic (exact) mass is 424 g/mol. The van der Waals surface area contributed by atoms with Crippen LogP contribution in [0.2, 0.25) is 0 Å². The van der Waals surface area contributed by atoms with E-state index in [1.807, 2.05) is 0 Å². The van der Waals surface area contributed by atoms with Crippen LogP contribution in [-0.4, -0.2) is 7.11 Å². The van der Waals surface area contributed by atoms with E-state index in [1.165, 1.54) is 55.6 Å². The highest BCUT2D eigenvalue weighted by molar-refractivity contribution is 6.01. The summed E-state index contributed by atoms with van der Waals surface area (Å²) in [7, 11) is 1.72. The lowest BCUT2D eigenvalue weighted by Gasteiger charge is -2.21. The second-order valence-electron chi connectivity index (χ2n) is 8.49. The average molecular weight is 425 g/mol. The number of rotatable bonds is 4. The van der Waals surface area contributed by atoms with Gasteiger partial charge in [0.1, 0.15) is 5.75 Å². The largest absolute Gasteiger partial charge is 0.497 e. The Bertz CT molecular complexity index is 1430. The average Bonchev–Trinajstić information content (AvgIpc) is 3.27. The molecule has 0 N–H and O–H groups in total. The van der Waals surface area contributed by atoms with E-state index in [0.29, 0.717) is 0 Å². The van der Waals surface area contributed by atoms with Crippen molar-refractivity contribution in [2.24, 2.45) is 0 Å². The van der Waals surface area contributed by atoms with Crippen LogP contribution in [0.25, 0.3) is 44.5 Å². The highest BCUT2D eigenvalue weighted by atomic mass is 16.5. The molecule has 0 radical (unpaired) electrons. The molecule has 6 rings (SSSR count). The fourth-order valence-electron chi connectivity index (χ4n) is 5.10. The number of ether oxygens (including phenoxy) is 1. The molecular formula is C32H24O. The van der Waals surface area contributed by atoms with E-state index in [9.17, 15) is 0 Å². The molecule has 0 bridgehead atoms. The van der Waals surface area contributed by atoms with Crippen LogP contribution in [0.4, 0.5) is 0 Å². The Balaban J connectivity index is 1.74. The molecule has 1 heteroatoms. The van der Waals surface area contributed by atoms with Gasteiger partial charge in [0, 0.05) is 0 Å². The Morgan fingerprint density at radius 1 is 0.515 bits per heavy atom. The summed E-state index contributed by atoms with van der Waals surface area (Å²) in [6.07, 6.45) is 0.946. The Labute approximate surface area is 194 Å². The van der Waals surface area contributed by atoms with Crippen LogP contribution >= 0.6 is 0 Å². The molecule has 0 saturated carbocycles. The Kier molecular flexibility index (Phi) is 4.81. The zero-order chi connectivity index (χ0) is 22.2. The lowest BCUT2D eigenvalue weighted by Crippen LogP contribution is -1.97. The molecule has 0 aliphatic heterocycles. The zero-order valence-corrected chi connectivity index (χ0v) is 18.6. The number of benzene rings is 5. The lowest BCUT2D eigenvalue weighted by atomic mass is 9.82. The molecule has 0 saturated heterocycles. The Hall–Kier alpha value is -4.10. The number of fused-ring (bicyclic) bond motifs is 3. The maximum absolute atomic E-state index is 5.46. The van der Waals surface area contributed by atoms with Gasteiger partial charge in [0.05, 0.1) is 7.11 Å². The molecule has 5 aromatic carbocycles. The first kappa shape index (κ1) is 19.6. The number of methoxy groups -OCH3 is 1. The molecule has 1 aliphatic carbocycles. The highest BCUT2D eigenvalue weighted by Gasteiger charge is 2.27. The van der Waals surface area contributed by atoms with Crippen molar-refractivity contribution in [2.75, 3.05) is 7.11 Å². The SMILES string of the molecule is COc1ccc(-c2c3c(cc(-c4ccccc4)c2-c2ccccc2)-c2ccccc2C3)cc1. The van der Waals surface area contributed by atoms with Crippen LogP contribution in [0.3, 0.4) is 0 Å². The first-order chi connectivity index (χ1) is 16.3. The van der Waals surface area contributed by atoms with Gasteiger partial charge in [0.2, 0.25) is 0 Å². The molecule has 0 fully saturated rings. The summed E-state index contributed by atoms with van der Waals surface area (Å²) in [5, 5.41) is 0. The van der Waals surface area contributed by atoms with Gasteiger partial charge in [-0.2, -0.15) is 0 Å². The van der Waals surface area contributed by atoms with Gasteiger partial charge in [-0.05, 0) is 80.3 Å². The molecule has 33 heavy (non-hydrogen) atoms. The standard InChI is InChI=1S/C32H24O/c1-33-26-18-16-24(17-19-26)32-30-20-25-14-8-9-15-27(25)29(30)21-28(22-10-4-2-5-11-22)31(32)23-12-6-3-7-13-23/h2-19,21H,20H2,1H3. The summed E-state index contributed by atoms with van der Waals surface area (Å²) in [6, 6.07) is 41.3. The fraction of sp³-hybridized carbons (Fsp3) is 0.0625. The number of hydrogen-bond donors (Lipinski definition) is 0. The summed E-state index contributed by atoms with van der Waals surface area (Å²) < 4.78 is 5.46. The van der Waals surface area contributed by atoms with Crippen LogP contribution < -0.4 is 4.74 Å². The minimum absolute atomic E-state index is 0.874. The molecule has 1 nitrogen and oxygen atoms in total. The molecule has 0 amide bonds. The first-order valence-corrected chi connectivity index (χ1v) is 11.4. The van der Waals surface area contributed by atoms with E-state index in [0.717, 1.165) is 12.2 Å². The third kappa shape index (κ3) is 3.34. The van der Waals surface area contributed by atoms with Crippen molar-refractivity contribution in [2.45, 2.75) is 6.42 Å². The van der Waals surface area contributed by atoms with E-state index < -0.39 is 0 Å². The first-order valence-electron chi connectivity index (χ1n) is 11.4. The molecular weight excluding hydrogens is 400 g/mol. The summed E-state index contributed by atoms with van der Waals surface area (Å²) in [4.78, 5) is 0. The third-order valence-electron chi connectivity index (χ3n) is 6.64. The maximum Gasteiger partial charge on any atom is 0.118 e. The molecule has 0 spiro atoms. The van der Waals surface area contributed by atoms with Gasteiger partial charge in [0.15, 0.2) is 0 Å². The minimum atomic E-state index is 0.874. The quantitative estimate of drug-likeness (QED) is 0.277. The van der Waals surface area contributed by atoms with Crippen molar-refractivity contribution in [1.29, 1.82) is 0 Å². The smallest absolute Gasteiger partial charge is 0.118 e. The summed E-state index contributed by atoms with van der Waals surface area (Å²) >= 11 is 0. The normalized spacial score (nSPS) is 11.7. The van der Waals surface area contributed by atoms with Crippen molar-refractivity contribution in [3.05, 3.63) is 126 Å². The lowest BCUT2D eigenvalue weighted by molar-refractivity contribution is 0.415. The van der Waals surface area contributed by atoms with Crippen molar-refractivity contribution in [1.82, 2.24) is 0 Å². The van der Waals surface area contributed by atoms with E-state index in [4.69, 9.17) is 4.74 Å². The Morgan fingerprint density at radius 2 is 1.12 bits per heavy atom. The van der Waals surface area contributed by atoms with E-state index >= 15 is 0 Å². The van der Waals surface area contributed by atoms with Crippen LogP contribution in [0.15, 0.2) is 115 Å². The molecule has 0 atom stereocenters. The van der Waals surface area contributed by atoms with Gasteiger partial charge in [-0.25, -0.2) is 0 Å². The Morgan fingerprint density at radius 3 is 1.82 bits per heavy atom. The van der Waals surface area contributed by atoms with Crippen LogP contribution in [0, 0.1) is 0 Å². The van der Waals surface area contributed by atoms with Crippen LogP contribution in [0.5, 0.6) is 5.75 Å². The molecule has 5 aromatic rings. The molecule has 0 aromatic heterocycles. The fourth-order valence-corrected chi connectivity index (χ4v) is 5.10. The van der Waals surface area contributed by atoms with Crippen molar-refractivity contribution in [3.63, 3.8) is 0 Å². The molecule has 0 unspecified atom stereocenters. The molecule has 1 aliphatic rings. The predicted molar refractivity (Wildman–Crippen MR) is 138 cm³/mol. The van der Waals surface area contributed by atoms with E-state index in [1.54, 1.807) is 7.11 Å². The number of hydrogen-bond acceptors (Lipinski definition) is 1. The van der Waals surface area contributed by atoms with Crippen LogP contribution in [0.1, 0.15) is 11.1 Å². The minimum Gasteiger partial charge on any atom is -0.497 e. The zero-order valence-electron chi connectivity index (χ0n) is 18.6. The van der Waals surface area contributed by atoms with Gasteiger partial charge < -0.3 is 4.74 Å². The topological polar surface area (TPSA) is 9.23 Å². The van der Waals surface area contributed by atoms with Crippen molar-refractivity contribution < 1.29 is 4.74 Å². The summed E-state index contributed by atoms with van der Waals surface area (Å²) in [5.41, 5.74) is 13.1. The van der Waals surface area contributed by atoms with Gasteiger partial charge >= 0.3 is 0 Å². The molecule has 0 heterocycles. The summed E-state index contributed by atoms with van der Waals surface area (Å²) in [6.45, 7) is 0. The predicted octanol–water partition coefficient (Wildman–Crippen LogP) is 8.27. The van der Waals surface area contributed by atoms with Gasteiger partial charge in [-0.15, -0.1) is 0 Å². The maximum atomic E-state index is 5.46. The van der Waals surface area contributed by atoms with Crippen molar-refractivity contribution >= 4 is 0 Å². The van der Waals surface area contributed by atoms with Gasteiger partial charge in [0.25, 0.3) is 0 Å². The van der Waals surface area contributed by atoms with Gasteiger partial charge in [-0.3, -0.25) is 0 Å². The van der Waals surface area contributed by atoms with E-state index in [-0.39, 0.29) is 0 Å². The second kappa shape index (κ2) is 8.11.